The molecular formula is C34H37N5O3. The van der Waals surface area contributed by atoms with Crippen molar-refractivity contribution in [1.29, 1.82) is 0 Å². The standard InChI is InChI=1S/C34H37N5O3/c1-2-41-33(40)15-9-22-39-25-29(24-32-35-37-38-36-32)34-28(13-8-14-31(34)39)19-16-27-17-20-30(21-18-27)42-23-7-6-12-26-10-4-3-5-11-26/h3-5,8,10-11,13-14,16-21,25H,2,6-7,9,12,15,22-24H2,1H3,(H,35,36,37,38). The van der Waals surface area contributed by atoms with E-state index in [0.717, 1.165) is 52.6 Å². The number of nitrogens with one attached hydrogen (secondary N) is 1. The van der Waals surface area contributed by atoms with E-state index in [4.69, 9.17) is 9.47 Å². The van der Waals surface area contributed by atoms with Gasteiger partial charge in [-0.05, 0) is 83.5 Å². The van der Waals surface area contributed by atoms with Crippen LogP contribution in [0.15, 0.2) is 79.0 Å². The van der Waals surface area contributed by atoms with Crippen LogP contribution in [0.1, 0.15) is 60.7 Å². The van der Waals surface area contributed by atoms with Gasteiger partial charge in [0.15, 0.2) is 5.82 Å². The Morgan fingerprint density at radius 1 is 0.952 bits per heavy atom. The molecule has 5 rings (SSSR count). The predicted octanol–water partition coefficient (Wildman–Crippen LogP) is 6.66. The molecule has 2 heterocycles. The van der Waals surface area contributed by atoms with E-state index < -0.39 is 0 Å². The third-order valence-electron chi connectivity index (χ3n) is 7.16. The van der Waals surface area contributed by atoms with Crippen LogP contribution in [0.2, 0.25) is 0 Å². The lowest BCUT2D eigenvalue weighted by Gasteiger charge is -2.07. The molecule has 8 nitrogen and oxygen atoms in total. The molecule has 216 valence electrons. The van der Waals surface area contributed by atoms with E-state index in [-0.39, 0.29) is 5.97 Å². The summed E-state index contributed by atoms with van der Waals surface area (Å²) in [5.41, 5.74) is 5.81. The zero-order valence-corrected chi connectivity index (χ0v) is 24.0. The number of hydrogen-bond acceptors (Lipinski definition) is 6. The smallest absolute Gasteiger partial charge is 0.305 e. The number of tetrazole rings is 1. The Bertz CT molecular complexity index is 1580. The minimum absolute atomic E-state index is 0.162. The summed E-state index contributed by atoms with van der Waals surface area (Å²) in [6, 6.07) is 25.1. The fraction of sp³-hybridized carbons (Fsp3) is 0.294. The first kappa shape index (κ1) is 28.8. The molecular weight excluding hydrogens is 526 g/mol. The number of rotatable bonds is 15. The van der Waals surface area contributed by atoms with Crippen molar-refractivity contribution >= 4 is 29.0 Å². The van der Waals surface area contributed by atoms with Gasteiger partial charge in [-0.2, -0.15) is 0 Å². The monoisotopic (exact) mass is 563 g/mol. The molecule has 0 bridgehead atoms. The Kier molecular flexibility index (Phi) is 10.1. The van der Waals surface area contributed by atoms with Crippen molar-refractivity contribution < 1.29 is 14.3 Å². The van der Waals surface area contributed by atoms with Crippen molar-refractivity contribution in [2.24, 2.45) is 0 Å². The third kappa shape index (κ3) is 7.94. The zero-order valence-electron chi connectivity index (χ0n) is 24.0. The van der Waals surface area contributed by atoms with Crippen LogP contribution in [0.3, 0.4) is 0 Å². The number of H-pyrrole nitrogens is 1. The Morgan fingerprint density at radius 2 is 1.81 bits per heavy atom. The topological polar surface area (TPSA) is 94.9 Å². The zero-order chi connectivity index (χ0) is 29.0. The van der Waals surface area contributed by atoms with E-state index >= 15 is 0 Å². The molecule has 0 aliphatic carbocycles. The van der Waals surface area contributed by atoms with Gasteiger partial charge in [-0.15, -0.1) is 5.10 Å². The molecule has 1 N–H and O–H groups in total. The highest BCUT2D eigenvalue weighted by molar-refractivity contribution is 5.94. The van der Waals surface area contributed by atoms with Crippen molar-refractivity contribution in [3.05, 3.63) is 107 Å². The Balaban J connectivity index is 1.24. The molecule has 0 radical (unpaired) electrons. The molecule has 0 fully saturated rings. The molecule has 0 aliphatic rings. The summed E-state index contributed by atoms with van der Waals surface area (Å²) >= 11 is 0. The molecule has 8 heteroatoms. The number of fused-ring (bicyclic) bond motifs is 1. The quantitative estimate of drug-likeness (QED) is 0.0869. The van der Waals surface area contributed by atoms with Crippen molar-refractivity contribution in [2.75, 3.05) is 13.2 Å². The first-order valence-corrected chi connectivity index (χ1v) is 14.6. The van der Waals surface area contributed by atoms with Crippen molar-refractivity contribution in [2.45, 2.75) is 52.0 Å². The summed E-state index contributed by atoms with van der Waals surface area (Å²) < 4.78 is 13.3. The highest BCUT2D eigenvalue weighted by Crippen LogP contribution is 2.29. The molecule has 2 aromatic heterocycles. The summed E-state index contributed by atoms with van der Waals surface area (Å²) in [7, 11) is 0. The minimum Gasteiger partial charge on any atom is -0.494 e. The van der Waals surface area contributed by atoms with Gasteiger partial charge in [0.2, 0.25) is 0 Å². The highest BCUT2D eigenvalue weighted by atomic mass is 16.5. The van der Waals surface area contributed by atoms with Crippen molar-refractivity contribution in [1.82, 2.24) is 25.2 Å². The molecule has 0 unspecified atom stereocenters. The van der Waals surface area contributed by atoms with E-state index in [1.807, 2.05) is 19.1 Å². The number of carbonyl (C=O) groups excluding carboxylic acids is 1. The lowest BCUT2D eigenvalue weighted by atomic mass is 10.0. The molecule has 0 spiro atoms. The van der Waals surface area contributed by atoms with Gasteiger partial charge < -0.3 is 14.0 Å². The Morgan fingerprint density at radius 3 is 2.60 bits per heavy atom. The van der Waals surface area contributed by atoms with E-state index in [2.05, 4.69) is 104 Å². The minimum atomic E-state index is -0.162. The van der Waals surface area contributed by atoms with Gasteiger partial charge in [0.1, 0.15) is 5.75 Å². The maximum atomic E-state index is 11.9. The molecule has 0 amide bonds. The number of hydrogen-bond donors (Lipinski definition) is 1. The number of carbonyl (C=O) groups is 1. The van der Waals surface area contributed by atoms with Gasteiger partial charge in [0, 0.05) is 36.5 Å². The molecule has 0 saturated carbocycles. The third-order valence-corrected chi connectivity index (χ3v) is 7.16. The number of ether oxygens (including phenoxy) is 2. The van der Waals surface area contributed by atoms with Crippen LogP contribution in [-0.2, 0) is 28.9 Å². The maximum Gasteiger partial charge on any atom is 0.305 e. The van der Waals surface area contributed by atoms with Gasteiger partial charge in [-0.25, -0.2) is 5.10 Å². The predicted molar refractivity (Wildman–Crippen MR) is 165 cm³/mol. The van der Waals surface area contributed by atoms with Crippen LogP contribution in [0.5, 0.6) is 5.75 Å². The lowest BCUT2D eigenvalue weighted by molar-refractivity contribution is -0.143. The fourth-order valence-electron chi connectivity index (χ4n) is 5.11. The van der Waals surface area contributed by atoms with E-state index in [1.54, 1.807) is 0 Å². The van der Waals surface area contributed by atoms with Crippen LogP contribution in [-0.4, -0.2) is 44.4 Å². The average Bonchev–Trinajstić information content (AvgIpc) is 3.66. The van der Waals surface area contributed by atoms with E-state index in [1.165, 1.54) is 5.56 Å². The number of aromatic amines is 1. The molecule has 42 heavy (non-hydrogen) atoms. The number of aryl methyl sites for hydroxylation is 2. The van der Waals surface area contributed by atoms with Crippen molar-refractivity contribution in [3.63, 3.8) is 0 Å². The summed E-state index contributed by atoms with van der Waals surface area (Å²) in [5.74, 6) is 1.43. The molecule has 0 saturated heterocycles. The lowest BCUT2D eigenvalue weighted by Crippen LogP contribution is -2.06. The van der Waals surface area contributed by atoms with Gasteiger partial charge in [-0.3, -0.25) is 4.79 Å². The number of esters is 1. The number of unbranched alkanes of at least 4 members (excludes halogenated alkanes) is 1. The second-order valence-electron chi connectivity index (χ2n) is 10.2. The largest absolute Gasteiger partial charge is 0.494 e. The van der Waals surface area contributed by atoms with Crippen LogP contribution in [0, 0.1) is 0 Å². The summed E-state index contributed by atoms with van der Waals surface area (Å²) in [4.78, 5) is 11.9. The van der Waals surface area contributed by atoms with Gasteiger partial charge in [0.25, 0.3) is 0 Å². The van der Waals surface area contributed by atoms with Gasteiger partial charge >= 0.3 is 5.97 Å². The Labute approximate surface area is 246 Å². The normalized spacial score (nSPS) is 11.4. The van der Waals surface area contributed by atoms with Crippen LogP contribution >= 0.6 is 0 Å². The number of benzene rings is 3. The first-order chi connectivity index (χ1) is 20.7. The molecule has 3 aromatic carbocycles. The van der Waals surface area contributed by atoms with E-state index in [9.17, 15) is 4.79 Å². The highest BCUT2D eigenvalue weighted by Gasteiger charge is 2.14. The average molecular weight is 564 g/mol. The van der Waals surface area contributed by atoms with Crippen LogP contribution in [0.25, 0.3) is 23.1 Å². The van der Waals surface area contributed by atoms with Crippen molar-refractivity contribution in [3.8, 4) is 5.75 Å². The van der Waals surface area contributed by atoms with Crippen LogP contribution < -0.4 is 4.74 Å². The second-order valence-corrected chi connectivity index (χ2v) is 10.2. The molecule has 5 aromatic rings. The number of aromatic nitrogens is 5. The first-order valence-electron chi connectivity index (χ1n) is 14.6. The SMILES string of the molecule is CCOC(=O)CCCn1cc(Cc2nnn[nH]2)c2c(C=Cc3ccc(OCCCCc4ccccc4)cc3)cccc21. The summed E-state index contributed by atoms with van der Waals surface area (Å²) in [6.07, 6.45) is 11.3. The molecule has 0 aliphatic heterocycles. The maximum absolute atomic E-state index is 11.9. The van der Waals surface area contributed by atoms with Gasteiger partial charge in [-0.1, -0.05) is 66.7 Å². The fourth-order valence-corrected chi connectivity index (χ4v) is 5.11. The second kappa shape index (κ2) is 14.8. The summed E-state index contributed by atoms with van der Waals surface area (Å²) in [5, 5.41) is 15.6. The van der Waals surface area contributed by atoms with Gasteiger partial charge in [0.05, 0.1) is 13.2 Å². The molecule has 0 atom stereocenters. The van der Waals surface area contributed by atoms with E-state index in [0.29, 0.717) is 44.8 Å². The van der Waals surface area contributed by atoms with Crippen LogP contribution in [0.4, 0.5) is 0 Å². The summed E-state index contributed by atoms with van der Waals surface area (Å²) in [6.45, 7) is 3.66. The number of nitrogens with zero attached hydrogens (tertiary/aromatic N) is 4. The Hall–Kier alpha value is -4.72.